The molecule has 0 bridgehead atoms. The van der Waals surface area contributed by atoms with Gasteiger partial charge in [-0.3, -0.25) is 14.4 Å². The molecule has 1 aliphatic heterocycles. The zero-order valence-corrected chi connectivity index (χ0v) is 18.5. The molecule has 0 saturated heterocycles. The van der Waals surface area contributed by atoms with Gasteiger partial charge in [0.2, 0.25) is 0 Å². The van der Waals surface area contributed by atoms with Gasteiger partial charge in [0.25, 0.3) is 27.1 Å². The molecular formula is C20H21N3O5S2. The SMILES string of the molecule is CC(C)N1C(=O)c2ccc(C(=O)Nc3ccc(SC(=O)N(C)C)cc3)cc2S1(=O)=O. The van der Waals surface area contributed by atoms with Crippen LogP contribution in [0.4, 0.5) is 10.5 Å². The zero-order chi connectivity index (χ0) is 22.2. The Bertz CT molecular complexity index is 1130. The molecule has 1 aliphatic rings. The van der Waals surface area contributed by atoms with Crippen LogP contribution in [0.2, 0.25) is 0 Å². The first-order valence-electron chi connectivity index (χ1n) is 9.05. The van der Waals surface area contributed by atoms with Crippen molar-refractivity contribution in [1.82, 2.24) is 9.21 Å². The Hall–Kier alpha value is -2.85. The summed E-state index contributed by atoms with van der Waals surface area (Å²) in [7, 11) is -0.660. The van der Waals surface area contributed by atoms with Crippen LogP contribution >= 0.6 is 11.8 Å². The maximum absolute atomic E-state index is 12.7. The van der Waals surface area contributed by atoms with E-state index >= 15 is 0 Å². The van der Waals surface area contributed by atoms with Gasteiger partial charge in [0.15, 0.2) is 0 Å². The highest BCUT2D eigenvalue weighted by Crippen LogP contribution is 2.32. The average Bonchev–Trinajstić information content (AvgIpc) is 2.88. The Labute approximate surface area is 179 Å². The van der Waals surface area contributed by atoms with E-state index in [4.69, 9.17) is 0 Å². The number of amides is 3. The largest absolute Gasteiger partial charge is 0.339 e. The van der Waals surface area contributed by atoms with Gasteiger partial charge in [0.05, 0.1) is 5.56 Å². The maximum atomic E-state index is 12.7. The van der Waals surface area contributed by atoms with Gasteiger partial charge in [0.1, 0.15) is 4.90 Å². The maximum Gasteiger partial charge on any atom is 0.285 e. The topological polar surface area (TPSA) is 104 Å². The summed E-state index contributed by atoms with van der Waals surface area (Å²) in [6, 6.07) is 10.2. The molecule has 8 nitrogen and oxygen atoms in total. The van der Waals surface area contributed by atoms with Gasteiger partial charge in [-0.05, 0) is 68.1 Å². The second-order valence-corrected chi connectivity index (χ2v) is 9.96. The lowest BCUT2D eigenvalue weighted by Gasteiger charge is -2.18. The van der Waals surface area contributed by atoms with E-state index in [0.717, 1.165) is 21.0 Å². The highest BCUT2D eigenvalue weighted by atomic mass is 32.2. The molecule has 0 aliphatic carbocycles. The number of carbonyl (C=O) groups is 3. The molecule has 3 amide bonds. The Balaban J connectivity index is 1.79. The zero-order valence-electron chi connectivity index (χ0n) is 16.9. The predicted octanol–water partition coefficient (Wildman–Crippen LogP) is 3.27. The molecular weight excluding hydrogens is 426 g/mol. The average molecular weight is 448 g/mol. The molecule has 0 spiro atoms. The van der Waals surface area contributed by atoms with Crippen molar-refractivity contribution < 1.29 is 22.8 Å². The Morgan fingerprint density at radius 2 is 1.70 bits per heavy atom. The number of rotatable bonds is 4. The molecule has 0 unspecified atom stereocenters. The molecule has 30 heavy (non-hydrogen) atoms. The van der Waals surface area contributed by atoms with Crippen LogP contribution in [0.3, 0.4) is 0 Å². The lowest BCUT2D eigenvalue weighted by atomic mass is 10.1. The van der Waals surface area contributed by atoms with Gasteiger partial charge < -0.3 is 10.2 Å². The minimum atomic E-state index is -3.98. The number of benzene rings is 2. The van der Waals surface area contributed by atoms with Crippen molar-refractivity contribution in [2.75, 3.05) is 19.4 Å². The van der Waals surface area contributed by atoms with Crippen molar-refractivity contribution in [2.24, 2.45) is 0 Å². The van der Waals surface area contributed by atoms with Gasteiger partial charge in [-0.25, -0.2) is 12.7 Å². The second kappa shape index (κ2) is 8.11. The fraction of sp³-hybridized carbons (Fsp3) is 0.250. The molecule has 0 saturated carbocycles. The summed E-state index contributed by atoms with van der Waals surface area (Å²) in [5.41, 5.74) is 0.675. The predicted molar refractivity (Wildman–Crippen MR) is 114 cm³/mol. The van der Waals surface area contributed by atoms with Crippen molar-refractivity contribution in [2.45, 2.75) is 29.7 Å². The normalized spacial score (nSPS) is 14.6. The molecule has 0 fully saturated rings. The van der Waals surface area contributed by atoms with Crippen LogP contribution in [-0.2, 0) is 10.0 Å². The van der Waals surface area contributed by atoms with Crippen LogP contribution in [0.15, 0.2) is 52.3 Å². The summed E-state index contributed by atoms with van der Waals surface area (Å²) in [5.74, 6) is -1.10. The smallest absolute Gasteiger partial charge is 0.285 e. The van der Waals surface area contributed by atoms with Gasteiger partial charge in [-0.15, -0.1) is 0 Å². The Kier molecular flexibility index (Phi) is 5.91. The van der Waals surface area contributed by atoms with Crippen LogP contribution in [-0.4, -0.2) is 54.8 Å². The highest BCUT2D eigenvalue weighted by Gasteiger charge is 2.42. The molecule has 0 aromatic heterocycles. The first-order chi connectivity index (χ1) is 14.0. The second-order valence-electron chi connectivity index (χ2n) is 7.15. The van der Waals surface area contributed by atoms with Crippen molar-refractivity contribution in [3.05, 3.63) is 53.6 Å². The van der Waals surface area contributed by atoms with E-state index in [-0.39, 0.29) is 21.3 Å². The fourth-order valence-electron chi connectivity index (χ4n) is 2.90. The summed E-state index contributed by atoms with van der Waals surface area (Å²) in [6.45, 7) is 3.23. The van der Waals surface area contributed by atoms with Crippen LogP contribution < -0.4 is 5.32 Å². The molecule has 0 atom stereocenters. The molecule has 158 valence electrons. The first kappa shape index (κ1) is 21.8. The molecule has 10 heteroatoms. The molecule has 2 aromatic rings. The van der Waals surface area contributed by atoms with E-state index in [1.807, 2.05) is 0 Å². The number of fused-ring (bicyclic) bond motifs is 1. The summed E-state index contributed by atoms with van der Waals surface area (Å²) in [4.78, 5) is 38.8. The lowest BCUT2D eigenvalue weighted by Crippen LogP contribution is -2.36. The summed E-state index contributed by atoms with van der Waals surface area (Å²) >= 11 is 1.06. The van der Waals surface area contributed by atoms with E-state index < -0.39 is 27.9 Å². The minimum absolute atomic E-state index is 0.0622. The Morgan fingerprint density at radius 1 is 1.07 bits per heavy atom. The van der Waals surface area contributed by atoms with E-state index in [0.29, 0.717) is 5.69 Å². The number of sulfonamides is 1. The number of hydrogen-bond donors (Lipinski definition) is 1. The number of nitrogens with one attached hydrogen (secondary N) is 1. The third-order valence-electron chi connectivity index (χ3n) is 4.36. The number of anilines is 1. The van der Waals surface area contributed by atoms with Crippen molar-refractivity contribution in [1.29, 1.82) is 0 Å². The molecule has 1 heterocycles. The van der Waals surface area contributed by atoms with E-state index in [9.17, 15) is 22.8 Å². The standard InChI is InChI=1S/C20H21N3O5S2/c1-12(2)23-19(25)16-10-5-13(11-17(16)30(23,27)28)18(24)21-14-6-8-15(9-7-14)29-20(26)22(3)4/h5-12H,1-4H3,(H,21,24). The third-order valence-corrected chi connectivity index (χ3v) is 7.41. The first-order valence-corrected chi connectivity index (χ1v) is 11.3. The third kappa shape index (κ3) is 4.05. The van der Waals surface area contributed by atoms with Gasteiger partial charge in [-0.1, -0.05) is 0 Å². The summed E-state index contributed by atoms with van der Waals surface area (Å²) in [6.07, 6.45) is 0. The number of nitrogens with zero attached hydrogens (tertiary/aromatic N) is 2. The van der Waals surface area contributed by atoms with Gasteiger partial charge in [0, 0.05) is 36.3 Å². The lowest BCUT2D eigenvalue weighted by molar-refractivity contribution is 0.0846. The molecule has 1 N–H and O–H groups in total. The summed E-state index contributed by atoms with van der Waals surface area (Å²) in [5, 5.41) is 2.57. The summed E-state index contributed by atoms with van der Waals surface area (Å²) < 4.78 is 26.2. The molecule has 2 aromatic carbocycles. The van der Waals surface area contributed by atoms with Gasteiger partial charge in [-0.2, -0.15) is 0 Å². The Morgan fingerprint density at radius 3 is 2.27 bits per heavy atom. The monoisotopic (exact) mass is 447 g/mol. The fourth-order valence-corrected chi connectivity index (χ4v) is 5.35. The van der Waals surface area contributed by atoms with Gasteiger partial charge >= 0.3 is 0 Å². The van der Waals surface area contributed by atoms with Crippen LogP contribution in [0.1, 0.15) is 34.6 Å². The van der Waals surface area contributed by atoms with Crippen LogP contribution in [0.5, 0.6) is 0 Å². The number of hydrogen-bond acceptors (Lipinski definition) is 6. The van der Waals surface area contributed by atoms with Crippen molar-refractivity contribution in [3.63, 3.8) is 0 Å². The minimum Gasteiger partial charge on any atom is -0.339 e. The van der Waals surface area contributed by atoms with E-state index in [1.54, 1.807) is 52.2 Å². The molecule has 3 rings (SSSR count). The van der Waals surface area contributed by atoms with E-state index in [2.05, 4.69) is 5.32 Å². The molecule has 0 radical (unpaired) electrons. The quantitative estimate of drug-likeness (QED) is 0.722. The van der Waals surface area contributed by atoms with E-state index in [1.165, 1.54) is 23.1 Å². The van der Waals surface area contributed by atoms with Crippen molar-refractivity contribution >= 4 is 44.5 Å². The van der Waals surface area contributed by atoms with Crippen molar-refractivity contribution in [3.8, 4) is 0 Å². The highest BCUT2D eigenvalue weighted by molar-refractivity contribution is 8.13. The number of carbonyl (C=O) groups excluding carboxylic acids is 3. The van der Waals surface area contributed by atoms with Crippen LogP contribution in [0.25, 0.3) is 0 Å². The van der Waals surface area contributed by atoms with Crippen LogP contribution in [0, 0.1) is 0 Å². The number of thioether (sulfide) groups is 1.